The van der Waals surface area contributed by atoms with Crippen LogP contribution in [-0.2, 0) is 14.4 Å². The summed E-state index contributed by atoms with van der Waals surface area (Å²) >= 11 is 1.83. The van der Waals surface area contributed by atoms with E-state index in [1.165, 1.54) is 0 Å². The average molecular weight is 323 g/mol. The molecule has 6 heteroatoms. The van der Waals surface area contributed by atoms with Gasteiger partial charge in [0.1, 0.15) is 5.78 Å². The van der Waals surface area contributed by atoms with Gasteiger partial charge in [-0.15, -0.1) is 0 Å². The van der Waals surface area contributed by atoms with Crippen LogP contribution < -0.4 is 5.32 Å². The van der Waals surface area contributed by atoms with E-state index in [9.17, 15) is 19.5 Å². The van der Waals surface area contributed by atoms with Gasteiger partial charge in [-0.2, -0.15) is 11.8 Å². The largest absolute Gasteiger partial charge is 0.481 e. The van der Waals surface area contributed by atoms with E-state index >= 15 is 0 Å². The van der Waals surface area contributed by atoms with E-state index in [1.807, 2.05) is 11.8 Å². The molecule has 0 spiro atoms. The Balaban J connectivity index is 1.37. The third-order valence-corrected chi connectivity index (χ3v) is 7.31. The maximum Gasteiger partial charge on any atom is 0.306 e. The number of carbonyl (C=O) groups is 3. The van der Waals surface area contributed by atoms with Crippen molar-refractivity contribution in [1.29, 1.82) is 0 Å². The van der Waals surface area contributed by atoms with E-state index in [0.717, 1.165) is 17.9 Å². The molecule has 1 amide bonds. The minimum Gasteiger partial charge on any atom is -0.481 e. The number of hydrogen-bond acceptors (Lipinski definition) is 4. The maximum atomic E-state index is 12.6. The third kappa shape index (κ3) is 2.36. The summed E-state index contributed by atoms with van der Waals surface area (Å²) in [5, 5.41) is 12.3. The molecule has 4 aliphatic rings. The number of ketones is 1. The Morgan fingerprint density at radius 3 is 2.32 bits per heavy atom. The molecule has 0 aromatic rings. The topological polar surface area (TPSA) is 83.5 Å². The summed E-state index contributed by atoms with van der Waals surface area (Å²) in [6.07, 6.45) is 2.87. The summed E-state index contributed by atoms with van der Waals surface area (Å²) < 4.78 is 0. The first-order valence-corrected chi connectivity index (χ1v) is 9.34. The van der Waals surface area contributed by atoms with Crippen LogP contribution >= 0.6 is 11.8 Å². The molecule has 22 heavy (non-hydrogen) atoms. The highest BCUT2D eigenvalue weighted by molar-refractivity contribution is 7.99. The average Bonchev–Trinajstić information content (AvgIpc) is 3.15. The van der Waals surface area contributed by atoms with Crippen molar-refractivity contribution in [2.75, 3.05) is 11.5 Å². The van der Waals surface area contributed by atoms with Gasteiger partial charge in [0.2, 0.25) is 5.91 Å². The molecule has 0 aromatic heterocycles. The van der Waals surface area contributed by atoms with Crippen LogP contribution in [0, 0.1) is 35.5 Å². The van der Waals surface area contributed by atoms with Crippen LogP contribution in [0.5, 0.6) is 0 Å². The van der Waals surface area contributed by atoms with Crippen molar-refractivity contribution in [3.05, 3.63) is 0 Å². The van der Waals surface area contributed by atoms with Gasteiger partial charge < -0.3 is 10.4 Å². The van der Waals surface area contributed by atoms with Crippen molar-refractivity contribution in [3.63, 3.8) is 0 Å². The number of carboxylic acid groups (broad SMARTS) is 1. The van der Waals surface area contributed by atoms with Gasteiger partial charge in [0.05, 0.1) is 5.92 Å². The summed E-state index contributed by atoms with van der Waals surface area (Å²) in [5.41, 5.74) is 0. The number of rotatable bonds is 3. The number of Topliss-reactive ketones (excluding diaryl/α,β-unsaturated/α-hetero) is 1. The molecular weight excluding hydrogens is 302 g/mol. The second-order valence-electron chi connectivity index (χ2n) is 7.36. The molecule has 1 saturated heterocycles. The minimum absolute atomic E-state index is 0.0328. The van der Waals surface area contributed by atoms with Gasteiger partial charge in [-0.25, -0.2) is 0 Å². The van der Waals surface area contributed by atoms with Crippen LogP contribution in [0.4, 0.5) is 0 Å². The second kappa shape index (κ2) is 5.25. The lowest BCUT2D eigenvalue weighted by Gasteiger charge is -2.37. The summed E-state index contributed by atoms with van der Waals surface area (Å²) in [7, 11) is 0. The lowest BCUT2D eigenvalue weighted by Crippen LogP contribution is -2.46. The fourth-order valence-corrected chi connectivity index (χ4v) is 6.06. The van der Waals surface area contributed by atoms with Crippen LogP contribution in [0.25, 0.3) is 0 Å². The quantitative estimate of drug-likeness (QED) is 0.814. The molecule has 5 nitrogen and oxygen atoms in total. The van der Waals surface area contributed by atoms with E-state index < -0.39 is 5.97 Å². The summed E-state index contributed by atoms with van der Waals surface area (Å²) in [5.74, 6) is 1.80. The minimum atomic E-state index is -0.723. The van der Waals surface area contributed by atoms with Gasteiger partial charge in [0, 0.05) is 35.3 Å². The maximum absolute atomic E-state index is 12.6. The van der Waals surface area contributed by atoms with Gasteiger partial charge in [-0.05, 0) is 37.5 Å². The van der Waals surface area contributed by atoms with Gasteiger partial charge in [-0.1, -0.05) is 0 Å². The molecule has 2 bridgehead atoms. The fraction of sp³-hybridized carbons (Fsp3) is 0.812. The van der Waals surface area contributed by atoms with Gasteiger partial charge in [0.25, 0.3) is 0 Å². The van der Waals surface area contributed by atoms with Crippen molar-refractivity contribution >= 4 is 29.4 Å². The number of carboxylic acids is 1. The number of carbonyl (C=O) groups excluding carboxylic acids is 2. The van der Waals surface area contributed by atoms with Gasteiger partial charge in [0.15, 0.2) is 0 Å². The molecule has 3 saturated carbocycles. The first-order valence-electron chi connectivity index (χ1n) is 8.19. The van der Waals surface area contributed by atoms with E-state index in [1.54, 1.807) is 0 Å². The Morgan fingerprint density at radius 1 is 1.05 bits per heavy atom. The zero-order valence-corrected chi connectivity index (χ0v) is 13.2. The molecule has 0 radical (unpaired) electrons. The number of hydrogen-bond donors (Lipinski definition) is 2. The van der Waals surface area contributed by atoms with Crippen molar-refractivity contribution in [2.45, 2.75) is 31.7 Å². The molecule has 2 unspecified atom stereocenters. The highest BCUT2D eigenvalue weighted by atomic mass is 32.2. The van der Waals surface area contributed by atoms with Crippen LogP contribution in [0.15, 0.2) is 0 Å². The van der Waals surface area contributed by atoms with Gasteiger partial charge in [-0.3, -0.25) is 14.4 Å². The molecule has 120 valence electrons. The van der Waals surface area contributed by atoms with E-state index in [-0.39, 0.29) is 41.5 Å². The molecule has 1 aliphatic heterocycles. The molecule has 4 rings (SSSR count). The Labute approximate surface area is 133 Å². The van der Waals surface area contributed by atoms with Crippen LogP contribution in [0.3, 0.4) is 0 Å². The predicted octanol–water partition coefficient (Wildman–Crippen LogP) is 1.17. The van der Waals surface area contributed by atoms with E-state index in [0.29, 0.717) is 31.0 Å². The lowest BCUT2D eigenvalue weighted by atomic mass is 9.74. The number of nitrogens with one attached hydrogen (secondary N) is 1. The van der Waals surface area contributed by atoms with Crippen molar-refractivity contribution in [2.24, 2.45) is 35.5 Å². The molecule has 2 N–H and O–H groups in total. The smallest absolute Gasteiger partial charge is 0.306 e. The third-order valence-electron chi connectivity index (χ3n) is 6.03. The molecule has 0 aromatic carbocycles. The standard InChI is InChI=1S/C16H21NO4S/c18-14-8-1-7(2-9(14)6-22-5-8)15(19)17-13-4-12(16(20)21)10-3-11(10)13/h7-13H,1-6H2,(H,17,19)(H,20,21)/t7?,8?,9?,10-,11+,12-,13+/m1/s1. The summed E-state index contributed by atoms with van der Waals surface area (Å²) in [6.45, 7) is 0. The number of fused-ring (bicyclic) bond motifs is 3. The first kappa shape index (κ1) is 14.5. The summed E-state index contributed by atoms with van der Waals surface area (Å²) in [4.78, 5) is 35.8. The summed E-state index contributed by atoms with van der Waals surface area (Å²) in [6, 6.07) is 0.0328. The normalized spacial score (nSPS) is 46.0. The predicted molar refractivity (Wildman–Crippen MR) is 81.3 cm³/mol. The van der Waals surface area contributed by atoms with Crippen LogP contribution in [0.2, 0.25) is 0 Å². The SMILES string of the molecule is O=C(N[C@H]1C[C@@H](C(=O)O)[C@@H]2C[C@@H]21)C1CC2CSCC(C1)C2=O. The fourth-order valence-electron chi connectivity index (χ4n) is 4.75. The number of thioether (sulfide) groups is 1. The Hall–Kier alpha value is -1.04. The Morgan fingerprint density at radius 2 is 1.73 bits per heavy atom. The molecule has 4 fully saturated rings. The van der Waals surface area contributed by atoms with Crippen molar-refractivity contribution in [1.82, 2.24) is 5.32 Å². The van der Waals surface area contributed by atoms with E-state index in [2.05, 4.69) is 5.32 Å². The Bertz CT molecular complexity index is 520. The van der Waals surface area contributed by atoms with Crippen molar-refractivity contribution in [3.8, 4) is 0 Å². The van der Waals surface area contributed by atoms with Crippen molar-refractivity contribution < 1.29 is 19.5 Å². The number of amides is 1. The van der Waals surface area contributed by atoms with Crippen LogP contribution in [0.1, 0.15) is 25.7 Å². The molecule has 6 atom stereocenters. The zero-order valence-electron chi connectivity index (χ0n) is 12.4. The number of aliphatic carboxylic acids is 1. The van der Waals surface area contributed by atoms with E-state index in [4.69, 9.17) is 0 Å². The monoisotopic (exact) mass is 323 g/mol. The first-order chi connectivity index (χ1) is 10.5. The highest BCUT2D eigenvalue weighted by Gasteiger charge is 2.57. The van der Waals surface area contributed by atoms with Gasteiger partial charge >= 0.3 is 5.97 Å². The molecular formula is C16H21NO4S. The second-order valence-corrected chi connectivity index (χ2v) is 8.44. The zero-order chi connectivity index (χ0) is 15.4. The Kier molecular flexibility index (Phi) is 3.47. The lowest BCUT2D eigenvalue weighted by molar-refractivity contribution is -0.142. The molecule has 3 aliphatic carbocycles. The highest BCUT2D eigenvalue weighted by Crippen LogP contribution is 2.55. The van der Waals surface area contributed by atoms with Crippen LogP contribution in [-0.4, -0.2) is 40.3 Å². The molecule has 1 heterocycles.